The van der Waals surface area contributed by atoms with Gasteiger partial charge in [0.05, 0.1) is 16.7 Å². The highest BCUT2D eigenvalue weighted by Gasteiger charge is 2.15. The average Bonchev–Trinajstić information content (AvgIpc) is 2.82. The Morgan fingerprint density at radius 1 is 1.16 bits per heavy atom. The van der Waals surface area contributed by atoms with E-state index in [0.29, 0.717) is 41.4 Å². The Bertz CT molecular complexity index is 1120. The Labute approximate surface area is 229 Å². The fraction of sp³-hybridized carbons (Fsp3) is 0.345. The smallest absolute Gasteiger partial charge is 0.124 e. The molecule has 0 aliphatic carbocycles. The average molecular weight is 545 g/mol. The number of nitrogens with two attached hydrogens (primary N) is 1. The third kappa shape index (κ3) is 11.0. The number of hydrogen-bond acceptors (Lipinski definition) is 6. The van der Waals surface area contributed by atoms with Gasteiger partial charge in [0.15, 0.2) is 0 Å². The molecule has 1 aliphatic heterocycles. The Morgan fingerprint density at radius 2 is 1.84 bits per heavy atom. The Morgan fingerprint density at radius 3 is 2.46 bits per heavy atom. The molecule has 6 nitrogen and oxygen atoms in total. The number of hydrogen-bond donors (Lipinski definition) is 2. The quantitative estimate of drug-likeness (QED) is 0.108. The van der Waals surface area contributed by atoms with Crippen molar-refractivity contribution in [1.29, 1.82) is 0 Å². The molecule has 8 heteroatoms. The number of halogens is 1. The van der Waals surface area contributed by atoms with E-state index in [1.807, 2.05) is 45.0 Å². The maximum Gasteiger partial charge on any atom is 0.124 e. The van der Waals surface area contributed by atoms with Gasteiger partial charge in [0.1, 0.15) is 35.3 Å². The standard InChI is InChI=1S/C29H37ClN2O4S/c1-7-9-27(33)19(2)12-13-29(31)32-22(5)23-15-24(17-25(16-23)36-21(4)18-34-6)35-20(3)14-26-10-8-11-28(30)37-26/h9-13,15-17,20-21,33H,2,5,7-8,14,18H2,1,3-4,6H3,(H2,31,32)/b13-12-,27-9+. The first-order chi connectivity index (χ1) is 17.6. The lowest BCUT2D eigenvalue weighted by molar-refractivity contribution is 0.0917. The van der Waals surface area contributed by atoms with Crippen LogP contribution in [0.3, 0.4) is 0 Å². The zero-order valence-electron chi connectivity index (χ0n) is 22.0. The second-order valence-corrected chi connectivity index (χ2v) is 10.4. The second kappa shape index (κ2) is 15.4. The Hall–Kier alpha value is -2.87. The minimum absolute atomic E-state index is 0.0968. The normalized spacial score (nSPS) is 16.1. The highest BCUT2D eigenvalue weighted by atomic mass is 35.5. The van der Waals surface area contributed by atoms with Crippen molar-refractivity contribution in [2.24, 2.45) is 10.7 Å². The monoisotopic (exact) mass is 544 g/mol. The van der Waals surface area contributed by atoms with Crippen LogP contribution in [0.1, 0.15) is 45.6 Å². The molecule has 2 unspecified atom stereocenters. The topological polar surface area (TPSA) is 86.3 Å². The highest BCUT2D eigenvalue weighted by Crippen LogP contribution is 2.36. The number of aliphatic hydroxyl groups excluding tert-OH is 1. The van der Waals surface area contributed by atoms with E-state index in [2.05, 4.69) is 24.2 Å². The van der Waals surface area contributed by atoms with Crippen LogP contribution in [0.5, 0.6) is 11.5 Å². The number of methoxy groups -OCH3 is 1. The van der Waals surface area contributed by atoms with E-state index in [1.165, 1.54) is 4.91 Å². The minimum Gasteiger partial charge on any atom is -0.508 e. The Kier molecular flexibility index (Phi) is 12.6. The van der Waals surface area contributed by atoms with Gasteiger partial charge in [0, 0.05) is 30.7 Å². The van der Waals surface area contributed by atoms with Gasteiger partial charge in [-0.2, -0.15) is 0 Å². The molecular weight excluding hydrogens is 508 g/mol. The summed E-state index contributed by atoms with van der Waals surface area (Å²) in [7, 11) is 1.63. The summed E-state index contributed by atoms with van der Waals surface area (Å²) >= 11 is 7.73. The summed E-state index contributed by atoms with van der Waals surface area (Å²) in [6.07, 6.45) is 11.0. The molecule has 0 saturated carbocycles. The van der Waals surface area contributed by atoms with Crippen LogP contribution in [-0.2, 0) is 4.74 Å². The number of allylic oxidation sites excluding steroid dienone is 4. The number of ether oxygens (including phenoxy) is 3. The molecule has 0 radical (unpaired) electrons. The lowest BCUT2D eigenvalue weighted by Crippen LogP contribution is -2.18. The molecule has 1 heterocycles. The van der Waals surface area contributed by atoms with Crippen molar-refractivity contribution >= 4 is 34.9 Å². The summed E-state index contributed by atoms with van der Waals surface area (Å²) in [5.41, 5.74) is 7.66. The van der Waals surface area contributed by atoms with Gasteiger partial charge in [0.25, 0.3) is 0 Å². The van der Waals surface area contributed by atoms with Gasteiger partial charge < -0.3 is 25.1 Å². The van der Waals surface area contributed by atoms with Crippen molar-refractivity contribution in [2.45, 2.75) is 52.2 Å². The van der Waals surface area contributed by atoms with E-state index in [0.717, 1.165) is 17.2 Å². The number of amidine groups is 1. The summed E-state index contributed by atoms with van der Waals surface area (Å²) in [6, 6.07) is 5.54. The molecular formula is C29H37ClN2O4S. The van der Waals surface area contributed by atoms with E-state index in [9.17, 15) is 5.11 Å². The van der Waals surface area contributed by atoms with Crippen molar-refractivity contribution in [3.63, 3.8) is 0 Å². The van der Waals surface area contributed by atoms with Gasteiger partial charge in [-0.05, 0) is 62.0 Å². The largest absolute Gasteiger partial charge is 0.508 e. The van der Waals surface area contributed by atoms with E-state index in [4.69, 9.17) is 31.5 Å². The molecule has 37 heavy (non-hydrogen) atoms. The number of rotatable bonds is 14. The fourth-order valence-electron chi connectivity index (χ4n) is 3.40. The SMILES string of the molecule is C=C(/C=C\C(N)=NC(=C)c1cc(OC(C)COC)cc(OC(C)CC2=CCC=C(Cl)S2)c1)/C(O)=C\CC. The molecule has 0 fully saturated rings. The van der Waals surface area contributed by atoms with Crippen LogP contribution in [0.4, 0.5) is 0 Å². The number of thioether (sulfide) groups is 1. The molecule has 0 spiro atoms. The van der Waals surface area contributed by atoms with E-state index in [-0.39, 0.29) is 23.8 Å². The van der Waals surface area contributed by atoms with Crippen molar-refractivity contribution in [1.82, 2.24) is 0 Å². The predicted octanol–water partition coefficient (Wildman–Crippen LogP) is 7.65. The predicted molar refractivity (Wildman–Crippen MR) is 157 cm³/mol. The zero-order chi connectivity index (χ0) is 27.4. The van der Waals surface area contributed by atoms with Crippen molar-refractivity contribution in [3.05, 3.63) is 87.9 Å². The zero-order valence-corrected chi connectivity index (χ0v) is 23.6. The third-order valence-corrected chi connectivity index (χ3v) is 6.42. The van der Waals surface area contributed by atoms with Gasteiger partial charge in [-0.1, -0.05) is 55.6 Å². The second-order valence-electron chi connectivity index (χ2n) is 8.57. The lowest BCUT2D eigenvalue weighted by Gasteiger charge is -2.20. The van der Waals surface area contributed by atoms with Crippen LogP contribution in [0.25, 0.3) is 5.70 Å². The van der Waals surface area contributed by atoms with Crippen LogP contribution in [0.15, 0.2) is 87.3 Å². The lowest BCUT2D eigenvalue weighted by atomic mass is 10.1. The van der Waals surface area contributed by atoms with Gasteiger partial charge >= 0.3 is 0 Å². The van der Waals surface area contributed by atoms with Crippen molar-refractivity contribution in [2.75, 3.05) is 13.7 Å². The molecule has 0 amide bonds. The van der Waals surface area contributed by atoms with E-state index in [1.54, 1.807) is 37.1 Å². The van der Waals surface area contributed by atoms with Gasteiger partial charge in [-0.3, -0.25) is 0 Å². The van der Waals surface area contributed by atoms with E-state index >= 15 is 0 Å². The van der Waals surface area contributed by atoms with Crippen LogP contribution < -0.4 is 15.2 Å². The highest BCUT2D eigenvalue weighted by molar-refractivity contribution is 8.08. The van der Waals surface area contributed by atoms with Gasteiger partial charge in [-0.15, -0.1) is 0 Å². The first kappa shape index (κ1) is 30.4. The van der Waals surface area contributed by atoms with Crippen LogP contribution in [0, 0.1) is 0 Å². The molecule has 1 aromatic rings. The summed E-state index contributed by atoms with van der Waals surface area (Å²) in [4.78, 5) is 5.58. The first-order valence-electron chi connectivity index (χ1n) is 12.1. The van der Waals surface area contributed by atoms with Crippen molar-refractivity contribution < 1.29 is 19.3 Å². The van der Waals surface area contributed by atoms with Crippen LogP contribution in [-0.4, -0.2) is 36.9 Å². The molecule has 2 atom stereocenters. The fourth-order valence-corrected chi connectivity index (χ4v) is 4.72. The molecule has 200 valence electrons. The summed E-state index contributed by atoms with van der Waals surface area (Å²) in [6.45, 7) is 14.2. The molecule has 1 aromatic carbocycles. The summed E-state index contributed by atoms with van der Waals surface area (Å²) in [5.74, 6) is 1.56. The molecule has 3 N–H and O–H groups in total. The number of aliphatic imine (C=N–C) groups is 1. The van der Waals surface area contributed by atoms with Crippen LogP contribution >= 0.6 is 23.4 Å². The van der Waals surface area contributed by atoms with Crippen molar-refractivity contribution in [3.8, 4) is 11.5 Å². The third-order valence-electron chi connectivity index (χ3n) is 5.08. The number of benzene rings is 1. The maximum absolute atomic E-state index is 9.91. The summed E-state index contributed by atoms with van der Waals surface area (Å²) in [5, 5.41) is 9.91. The van der Waals surface area contributed by atoms with E-state index < -0.39 is 0 Å². The maximum atomic E-state index is 9.91. The molecule has 0 aromatic heterocycles. The van der Waals surface area contributed by atoms with Gasteiger partial charge in [-0.25, -0.2) is 4.99 Å². The minimum atomic E-state index is -0.164. The Balaban J connectivity index is 2.23. The molecule has 1 aliphatic rings. The number of aliphatic hydroxyl groups is 1. The summed E-state index contributed by atoms with van der Waals surface area (Å²) < 4.78 is 18.3. The van der Waals surface area contributed by atoms with Crippen LogP contribution in [0.2, 0.25) is 0 Å². The molecule has 2 rings (SSSR count). The number of nitrogens with zero attached hydrogens (tertiary/aromatic N) is 1. The molecule has 0 saturated heterocycles. The molecule has 0 bridgehead atoms. The first-order valence-corrected chi connectivity index (χ1v) is 13.3. The van der Waals surface area contributed by atoms with Gasteiger partial charge in [0.2, 0.25) is 0 Å².